The Hall–Kier alpha value is -3.97. The van der Waals surface area contributed by atoms with Crippen molar-refractivity contribution in [1.29, 1.82) is 0 Å². The third kappa shape index (κ3) is 10.3. The number of aryl methyl sites for hydroxylation is 1. The van der Waals surface area contributed by atoms with Crippen LogP contribution in [0.3, 0.4) is 0 Å². The predicted octanol–water partition coefficient (Wildman–Crippen LogP) is 7.20. The van der Waals surface area contributed by atoms with Gasteiger partial charge in [-0.3, -0.25) is 14.4 Å². The van der Waals surface area contributed by atoms with Crippen molar-refractivity contribution in [2.75, 3.05) is 13.1 Å². The van der Waals surface area contributed by atoms with Gasteiger partial charge in [0.1, 0.15) is 5.60 Å². The van der Waals surface area contributed by atoms with Gasteiger partial charge in [0, 0.05) is 24.4 Å². The first-order chi connectivity index (χ1) is 21.1. The maximum atomic E-state index is 14.1. The quantitative estimate of drug-likeness (QED) is 0.219. The topological polar surface area (TPSA) is 87.7 Å². The molecule has 7 heteroatoms. The summed E-state index contributed by atoms with van der Waals surface area (Å²) >= 11 is 0. The maximum Gasteiger partial charge on any atom is 0.320 e. The molecule has 2 amide bonds. The van der Waals surface area contributed by atoms with Crippen molar-refractivity contribution in [3.8, 4) is 0 Å². The van der Waals surface area contributed by atoms with Gasteiger partial charge in [-0.1, -0.05) is 75.9 Å². The van der Waals surface area contributed by atoms with Gasteiger partial charge in [0.25, 0.3) is 5.91 Å². The molecule has 2 aromatic carbocycles. The number of nitrogens with one attached hydrogen (secondary N) is 2. The third-order valence-corrected chi connectivity index (χ3v) is 7.82. The number of esters is 1. The van der Waals surface area contributed by atoms with Crippen molar-refractivity contribution >= 4 is 17.8 Å². The van der Waals surface area contributed by atoms with Crippen molar-refractivity contribution in [2.24, 2.45) is 11.3 Å². The molecule has 1 aliphatic heterocycles. The van der Waals surface area contributed by atoms with Gasteiger partial charge >= 0.3 is 5.97 Å². The molecule has 1 heterocycles. The van der Waals surface area contributed by atoms with Crippen LogP contribution < -0.4 is 10.6 Å². The average molecular weight is 614 g/mol. The molecule has 0 saturated carbocycles. The van der Waals surface area contributed by atoms with Crippen LogP contribution in [0.25, 0.3) is 0 Å². The molecule has 2 atom stereocenters. The Morgan fingerprint density at radius 3 is 2.40 bits per heavy atom. The fourth-order valence-corrected chi connectivity index (χ4v) is 5.40. The summed E-state index contributed by atoms with van der Waals surface area (Å²) in [5.41, 5.74) is 4.22. The minimum atomic E-state index is -0.551. The number of ether oxygens (including phenoxy) is 1. The number of piperidine rings is 1. The van der Waals surface area contributed by atoms with E-state index in [0.29, 0.717) is 37.2 Å². The number of hydrogen-bond donors (Lipinski definition) is 2. The van der Waals surface area contributed by atoms with Gasteiger partial charge in [-0.25, -0.2) is 0 Å². The SMILES string of the molecule is C=C(/C=C(\C=C/C)NC(=O)C1CCCN(C(=O)c2ccccc2C)C1c1cccc(CNCC(=O)OC(C)(C)C)c1)C(C)(C)C. The fourth-order valence-electron chi connectivity index (χ4n) is 5.40. The van der Waals surface area contributed by atoms with E-state index >= 15 is 0 Å². The van der Waals surface area contributed by atoms with Crippen LogP contribution in [0.4, 0.5) is 0 Å². The first-order valence-electron chi connectivity index (χ1n) is 15.8. The van der Waals surface area contributed by atoms with Crippen LogP contribution in [-0.2, 0) is 20.9 Å². The zero-order valence-electron chi connectivity index (χ0n) is 28.3. The van der Waals surface area contributed by atoms with Gasteiger partial charge in [-0.15, -0.1) is 0 Å². The van der Waals surface area contributed by atoms with Crippen molar-refractivity contribution in [2.45, 2.75) is 86.4 Å². The predicted molar refractivity (Wildman–Crippen MR) is 181 cm³/mol. The molecule has 0 aromatic heterocycles. The van der Waals surface area contributed by atoms with Crippen molar-refractivity contribution in [1.82, 2.24) is 15.5 Å². The van der Waals surface area contributed by atoms with Crippen LogP contribution in [0.5, 0.6) is 0 Å². The number of allylic oxidation sites excluding steroid dienone is 4. The molecule has 7 nitrogen and oxygen atoms in total. The summed E-state index contributed by atoms with van der Waals surface area (Å²) in [6.07, 6.45) is 7.03. The lowest BCUT2D eigenvalue weighted by molar-refractivity contribution is -0.153. The zero-order valence-corrected chi connectivity index (χ0v) is 28.3. The Bertz CT molecular complexity index is 1440. The molecular formula is C38H51N3O4. The van der Waals surface area contributed by atoms with Crippen molar-refractivity contribution in [3.63, 3.8) is 0 Å². The molecule has 0 radical (unpaired) electrons. The summed E-state index contributed by atoms with van der Waals surface area (Å²) in [6.45, 7) is 20.9. The van der Waals surface area contributed by atoms with E-state index in [9.17, 15) is 14.4 Å². The summed E-state index contributed by atoms with van der Waals surface area (Å²) in [5.74, 6) is -1.03. The highest BCUT2D eigenvalue weighted by atomic mass is 16.6. The molecule has 2 N–H and O–H groups in total. The molecule has 1 aliphatic rings. The van der Waals surface area contributed by atoms with Crippen LogP contribution in [0.1, 0.15) is 94.4 Å². The van der Waals surface area contributed by atoms with Crippen LogP contribution in [0.15, 0.2) is 84.6 Å². The summed E-state index contributed by atoms with van der Waals surface area (Å²) in [7, 11) is 0. The van der Waals surface area contributed by atoms with Gasteiger partial charge < -0.3 is 20.3 Å². The molecule has 242 valence electrons. The molecule has 0 aliphatic carbocycles. The molecule has 1 saturated heterocycles. The maximum absolute atomic E-state index is 14.1. The number of rotatable bonds is 10. The Kier molecular flexibility index (Phi) is 12.1. The van der Waals surface area contributed by atoms with E-state index in [1.165, 1.54) is 0 Å². The normalized spacial score (nSPS) is 17.7. The minimum absolute atomic E-state index is 0.0772. The van der Waals surface area contributed by atoms with Crippen LogP contribution in [-0.4, -0.2) is 41.4 Å². The molecule has 45 heavy (non-hydrogen) atoms. The number of carbonyl (C=O) groups excluding carboxylic acids is 3. The largest absolute Gasteiger partial charge is 0.459 e. The fraction of sp³-hybridized carbons (Fsp3) is 0.447. The Morgan fingerprint density at radius 1 is 1.04 bits per heavy atom. The van der Waals surface area contributed by atoms with Gasteiger partial charge in [-0.2, -0.15) is 0 Å². The number of amides is 2. The lowest BCUT2D eigenvalue weighted by Crippen LogP contribution is -2.47. The highest BCUT2D eigenvalue weighted by Gasteiger charge is 2.40. The van der Waals surface area contributed by atoms with Crippen molar-refractivity contribution < 1.29 is 19.1 Å². The molecular weight excluding hydrogens is 562 g/mol. The average Bonchev–Trinajstić information content (AvgIpc) is 2.95. The molecule has 3 rings (SSSR count). The van der Waals surface area contributed by atoms with E-state index in [1.54, 1.807) is 0 Å². The van der Waals surface area contributed by atoms with Crippen LogP contribution in [0, 0.1) is 18.3 Å². The standard InChI is InChI=1S/C38H51N3O4/c1-10-15-30(22-27(3)37(4,5)6)40-35(43)32-20-14-21-41(36(44)31-19-12-11-16-26(31)2)34(32)29-18-13-17-28(23-29)24-39-25-33(42)45-38(7,8)9/h10-13,15-19,22-23,32,34,39H,3,14,20-21,24-25H2,1-2,4-9H3,(H,40,43)/b15-10-,30-22+. The Balaban J connectivity index is 1.96. The number of hydrogen-bond acceptors (Lipinski definition) is 5. The number of benzene rings is 2. The summed E-state index contributed by atoms with van der Waals surface area (Å²) in [5, 5.41) is 6.32. The van der Waals surface area contributed by atoms with Crippen LogP contribution in [0.2, 0.25) is 0 Å². The van der Waals surface area contributed by atoms with Gasteiger partial charge in [-0.05, 0) is 93.4 Å². The first kappa shape index (κ1) is 35.5. The summed E-state index contributed by atoms with van der Waals surface area (Å²) < 4.78 is 5.41. The smallest absolute Gasteiger partial charge is 0.320 e. The Morgan fingerprint density at radius 2 is 1.76 bits per heavy atom. The summed E-state index contributed by atoms with van der Waals surface area (Å²) in [6, 6.07) is 15.0. The second kappa shape index (κ2) is 15.3. The highest BCUT2D eigenvalue weighted by molar-refractivity contribution is 5.96. The van der Waals surface area contributed by atoms with E-state index < -0.39 is 17.6 Å². The second-order valence-electron chi connectivity index (χ2n) is 13.8. The van der Waals surface area contributed by atoms with Gasteiger partial charge in [0.2, 0.25) is 5.91 Å². The van der Waals surface area contributed by atoms with E-state index in [1.807, 2.05) is 106 Å². The van der Waals surface area contributed by atoms with Crippen molar-refractivity contribution in [3.05, 3.63) is 107 Å². The second-order valence-corrected chi connectivity index (χ2v) is 13.8. The third-order valence-electron chi connectivity index (χ3n) is 7.82. The Labute approximate surface area is 269 Å². The molecule has 2 aromatic rings. The molecule has 1 fully saturated rings. The van der Waals surface area contributed by atoms with E-state index in [-0.39, 0.29) is 29.7 Å². The molecule has 0 spiro atoms. The first-order valence-corrected chi connectivity index (χ1v) is 15.8. The lowest BCUT2D eigenvalue weighted by atomic mass is 9.82. The zero-order chi connectivity index (χ0) is 33.4. The molecule has 2 unspecified atom stereocenters. The number of nitrogens with zero attached hydrogens (tertiary/aromatic N) is 1. The molecule has 0 bridgehead atoms. The van der Waals surface area contributed by atoms with Gasteiger partial charge in [0.05, 0.1) is 18.5 Å². The van der Waals surface area contributed by atoms with E-state index in [4.69, 9.17) is 4.74 Å². The lowest BCUT2D eigenvalue weighted by Gasteiger charge is -2.41. The van der Waals surface area contributed by atoms with Crippen LogP contribution >= 0.6 is 0 Å². The van der Waals surface area contributed by atoms with E-state index in [2.05, 4.69) is 38.0 Å². The number of carbonyl (C=O) groups is 3. The summed E-state index contributed by atoms with van der Waals surface area (Å²) in [4.78, 5) is 42.3. The van der Waals surface area contributed by atoms with E-state index in [0.717, 1.165) is 22.3 Å². The highest BCUT2D eigenvalue weighted by Crippen LogP contribution is 2.38. The minimum Gasteiger partial charge on any atom is -0.459 e. The van der Waals surface area contributed by atoms with Gasteiger partial charge in [0.15, 0.2) is 0 Å². The number of likely N-dealkylation sites (tertiary alicyclic amines) is 1. The monoisotopic (exact) mass is 613 g/mol.